The average molecular weight is 376 g/mol. The molecule has 3 rings (SSSR count). The maximum absolute atomic E-state index is 11.7. The summed E-state index contributed by atoms with van der Waals surface area (Å²) in [6, 6.07) is 12.6. The molecule has 0 spiro atoms. The number of aryl methyl sites for hydroxylation is 1. The Morgan fingerprint density at radius 2 is 1.96 bits per heavy atom. The van der Waals surface area contributed by atoms with E-state index in [4.69, 9.17) is 27.9 Å². The van der Waals surface area contributed by atoms with Crippen molar-refractivity contribution in [3.8, 4) is 11.4 Å². The Labute approximate surface area is 155 Å². The van der Waals surface area contributed by atoms with E-state index in [-0.39, 0.29) is 5.97 Å². The SMILES string of the molecule is COC(=O)c1cccc(Cn2nc(C)nc2-c2ccc(Cl)c(Cl)c2)c1. The van der Waals surface area contributed by atoms with Gasteiger partial charge in [0.15, 0.2) is 5.82 Å². The summed E-state index contributed by atoms with van der Waals surface area (Å²) in [4.78, 5) is 16.2. The smallest absolute Gasteiger partial charge is 0.337 e. The molecule has 5 nitrogen and oxygen atoms in total. The van der Waals surface area contributed by atoms with Gasteiger partial charge in [-0.05, 0) is 42.8 Å². The molecule has 0 atom stereocenters. The lowest BCUT2D eigenvalue weighted by Gasteiger charge is -2.08. The standard InChI is InChI=1S/C18H15Cl2N3O2/c1-11-21-17(13-6-7-15(19)16(20)9-13)23(22-11)10-12-4-3-5-14(8-12)18(24)25-2/h3-9H,10H2,1-2H3. The summed E-state index contributed by atoms with van der Waals surface area (Å²) >= 11 is 12.1. The maximum atomic E-state index is 11.7. The fourth-order valence-electron chi connectivity index (χ4n) is 2.50. The summed E-state index contributed by atoms with van der Waals surface area (Å²) in [6.45, 7) is 2.28. The molecule has 7 heteroatoms. The first-order valence-corrected chi connectivity index (χ1v) is 8.27. The molecule has 128 valence electrons. The zero-order valence-corrected chi connectivity index (χ0v) is 15.2. The first-order valence-electron chi connectivity index (χ1n) is 7.52. The van der Waals surface area contributed by atoms with E-state index in [9.17, 15) is 4.79 Å². The second-order valence-electron chi connectivity index (χ2n) is 5.46. The number of aromatic nitrogens is 3. The molecule has 25 heavy (non-hydrogen) atoms. The average Bonchev–Trinajstić information content (AvgIpc) is 2.97. The van der Waals surface area contributed by atoms with Gasteiger partial charge in [0.1, 0.15) is 5.82 Å². The van der Waals surface area contributed by atoms with Crippen molar-refractivity contribution in [2.75, 3.05) is 7.11 Å². The van der Waals surface area contributed by atoms with Gasteiger partial charge in [-0.2, -0.15) is 5.10 Å². The summed E-state index contributed by atoms with van der Waals surface area (Å²) in [5, 5.41) is 5.39. The fraction of sp³-hybridized carbons (Fsp3) is 0.167. The molecule has 1 heterocycles. The number of benzene rings is 2. The van der Waals surface area contributed by atoms with Crippen LogP contribution in [0.25, 0.3) is 11.4 Å². The molecule has 0 aliphatic heterocycles. The molecule has 3 aromatic rings. The van der Waals surface area contributed by atoms with E-state index < -0.39 is 0 Å². The van der Waals surface area contributed by atoms with Crippen molar-refractivity contribution in [3.63, 3.8) is 0 Å². The maximum Gasteiger partial charge on any atom is 0.337 e. The minimum atomic E-state index is -0.374. The highest BCUT2D eigenvalue weighted by Crippen LogP contribution is 2.28. The highest BCUT2D eigenvalue weighted by Gasteiger charge is 2.13. The van der Waals surface area contributed by atoms with E-state index in [0.717, 1.165) is 11.1 Å². The van der Waals surface area contributed by atoms with Gasteiger partial charge >= 0.3 is 5.97 Å². The predicted molar refractivity (Wildman–Crippen MR) is 97.1 cm³/mol. The van der Waals surface area contributed by atoms with Crippen molar-refractivity contribution < 1.29 is 9.53 Å². The molecule has 0 amide bonds. The van der Waals surface area contributed by atoms with Gasteiger partial charge in [-0.15, -0.1) is 0 Å². The van der Waals surface area contributed by atoms with Gasteiger partial charge in [0.2, 0.25) is 0 Å². The first-order chi connectivity index (χ1) is 12.0. The highest BCUT2D eigenvalue weighted by molar-refractivity contribution is 6.42. The van der Waals surface area contributed by atoms with Gasteiger partial charge in [-0.1, -0.05) is 35.3 Å². The van der Waals surface area contributed by atoms with Crippen LogP contribution < -0.4 is 0 Å². The number of nitrogens with zero attached hydrogens (tertiary/aromatic N) is 3. The van der Waals surface area contributed by atoms with Crippen LogP contribution in [0.15, 0.2) is 42.5 Å². The van der Waals surface area contributed by atoms with E-state index in [2.05, 4.69) is 10.1 Å². The van der Waals surface area contributed by atoms with Crippen LogP contribution in [-0.2, 0) is 11.3 Å². The van der Waals surface area contributed by atoms with Crippen molar-refractivity contribution in [2.24, 2.45) is 0 Å². The molecular formula is C18H15Cl2N3O2. The fourth-order valence-corrected chi connectivity index (χ4v) is 2.80. The minimum absolute atomic E-state index is 0.374. The largest absolute Gasteiger partial charge is 0.465 e. The highest BCUT2D eigenvalue weighted by atomic mass is 35.5. The van der Waals surface area contributed by atoms with Gasteiger partial charge < -0.3 is 4.74 Å². The second kappa shape index (κ2) is 7.25. The molecule has 1 aromatic heterocycles. The zero-order chi connectivity index (χ0) is 18.0. The van der Waals surface area contributed by atoms with Crippen molar-refractivity contribution in [1.82, 2.24) is 14.8 Å². The molecule has 0 bridgehead atoms. The van der Waals surface area contributed by atoms with Crippen LogP contribution in [0.5, 0.6) is 0 Å². The Kier molecular flexibility index (Phi) is 5.06. The van der Waals surface area contributed by atoms with Crippen LogP contribution in [0, 0.1) is 6.92 Å². The Morgan fingerprint density at radius 1 is 1.16 bits per heavy atom. The number of hydrogen-bond donors (Lipinski definition) is 0. The number of hydrogen-bond acceptors (Lipinski definition) is 4. The number of halogens is 2. The third-order valence-electron chi connectivity index (χ3n) is 3.64. The van der Waals surface area contributed by atoms with Gasteiger partial charge in [0.05, 0.1) is 29.3 Å². The molecule has 0 aliphatic carbocycles. The number of carbonyl (C=O) groups is 1. The Hall–Kier alpha value is -2.37. The quantitative estimate of drug-likeness (QED) is 0.634. The third kappa shape index (κ3) is 3.83. The zero-order valence-electron chi connectivity index (χ0n) is 13.7. The predicted octanol–water partition coefficient (Wildman–Crippen LogP) is 4.40. The molecule has 0 unspecified atom stereocenters. The molecule has 0 radical (unpaired) electrons. The molecule has 0 saturated heterocycles. The van der Waals surface area contributed by atoms with E-state index in [1.54, 1.807) is 28.9 Å². The lowest BCUT2D eigenvalue weighted by atomic mass is 10.1. The monoisotopic (exact) mass is 375 g/mol. The molecular weight excluding hydrogens is 361 g/mol. The summed E-state index contributed by atoms with van der Waals surface area (Å²) in [7, 11) is 1.36. The lowest BCUT2D eigenvalue weighted by Crippen LogP contribution is -2.07. The van der Waals surface area contributed by atoms with Gasteiger partial charge in [-0.25, -0.2) is 14.5 Å². The molecule has 0 fully saturated rings. The molecule has 0 saturated carbocycles. The van der Waals surface area contributed by atoms with Crippen LogP contribution in [-0.4, -0.2) is 27.8 Å². The molecule has 0 aliphatic rings. The van der Waals surface area contributed by atoms with Gasteiger partial charge in [0, 0.05) is 5.56 Å². The number of esters is 1. The van der Waals surface area contributed by atoms with Gasteiger partial charge in [0.25, 0.3) is 0 Å². The van der Waals surface area contributed by atoms with Crippen molar-refractivity contribution >= 4 is 29.2 Å². The van der Waals surface area contributed by atoms with Crippen molar-refractivity contribution in [3.05, 3.63) is 69.5 Å². The Morgan fingerprint density at radius 3 is 2.68 bits per heavy atom. The van der Waals surface area contributed by atoms with Crippen LogP contribution in [0.2, 0.25) is 10.0 Å². The van der Waals surface area contributed by atoms with E-state index in [1.807, 2.05) is 25.1 Å². The Bertz CT molecular complexity index is 938. The van der Waals surface area contributed by atoms with Crippen molar-refractivity contribution in [2.45, 2.75) is 13.5 Å². The third-order valence-corrected chi connectivity index (χ3v) is 4.37. The normalized spacial score (nSPS) is 10.7. The van der Waals surface area contributed by atoms with Gasteiger partial charge in [-0.3, -0.25) is 0 Å². The topological polar surface area (TPSA) is 57.0 Å². The number of rotatable bonds is 4. The van der Waals surface area contributed by atoms with Crippen LogP contribution >= 0.6 is 23.2 Å². The van der Waals surface area contributed by atoms with E-state index in [0.29, 0.717) is 33.8 Å². The molecule has 0 N–H and O–H groups in total. The number of ether oxygens (including phenoxy) is 1. The summed E-state index contributed by atoms with van der Waals surface area (Å²) in [5.41, 5.74) is 2.22. The summed E-state index contributed by atoms with van der Waals surface area (Å²) in [6.07, 6.45) is 0. The van der Waals surface area contributed by atoms with Crippen molar-refractivity contribution in [1.29, 1.82) is 0 Å². The van der Waals surface area contributed by atoms with E-state index >= 15 is 0 Å². The summed E-state index contributed by atoms with van der Waals surface area (Å²) in [5.74, 6) is 0.950. The molecule has 2 aromatic carbocycles. The van der Waals surface area contributed by atoms with Crippen LogP contribution in [0.1, 0.15) is 21.7 Å². The lowest BCUT2D eigenvalue weighted by molar-refractivity contribution is 0.0600. The first kappa shape index (κ1) is 17.5. The second-order valence-corrected chi connectivity index (χ2v) is 6.28. The number of methoxy groups -OCH3 is 1. The van der Waals surface area contributed by atoms with E-state index in [1.165, 1.54) is 7.11 Å². The minimum Gasteiger partial charge on any atom is -0.465 e. The summed E-state index contributed by atoms with van der Waals surface area (Å²) < 4.78 is 6.53. The van der Waals surface area contributed by atoms with Crippen LogP contribution in [0.3, 0.4) is 0 Å². The van der Waals surface area contributed by atoms with Crippen LogP contribution in [0.4, 0.5) is 0 Å². The number of carbonyl (C=O) groups excluding carboxylic acids is 1. The Balaban J connectivity index is 1.96.